The molecule has 0 bridgehead atoms. The van der Waals surface area contributed by atoms with E-state index in [9.17, 15) is 10.2 Å². The van der Waals surface area contributed by atoms with Crippen LogP contribution >= 0.6 is 0 Å². The molecule has 250 valence electrons. The van der Waals surface area contributed by atoms with Crippen LogP contribution in [0.4, 0.5) is 0 Å². The summed E-state index contributed by atoms with van der Waals surface area (Å²) in [5, 5.41) is 24.8. The maximum Gasteiger partial charge on any atom is 0.116 e. The highest BCUT2D eigenvalue weighted by Crippen LogP contribution is 2.58. The van der Waals surface area contributed by atoms with Gasteiger partial charge < -0.3 is 10.2 Å². The topological polar surface area (TPSA) is 40.5 Å². The minimum absolute atomic E-state index is 0.292. The Hall–Kier alpha value is -6.12. The number of rotatable bonds is 7. The summed E-state index contributed by atoms with van der Waals surface area (Å²) >= 11 is 0. The molecule has 0 atom stereocenters. The monoisotopic (exact) mass is 670 g/mol. The molecule has 0 heterocycles. The zero-order valence-electron chi connectivity index (χ0n) is 28.9. The van der Waals surface area contributed by atoms with Gasteiger partial charge in [0.25, 0.3) is 0 Å². The van der Waals surface area contributed by atoms with Crippen molar-refractivity contribution in [3.8, 4) is 33.8 Å². The van der Waals surface area contributed by atoms with Crippen molar-refractivity contribution in [2.75, 3.05) is 0 Å². The Bertz CT molecular complexity index is 2410. The van der Waals surface area contributed by atoms with Crippen LogP contribution < -0.4 is 0 Å². The largest absolute Gasteiger partial charge is 0.508 e. The van der Waals surface area contributed by atoms with Crippen LogP contribution in [0.5, 0.6) is 11.5 Å². The van der Waals surface area contributed by atoms with Gasteiger partial charge in [-0.3, -0.25) is 0 Å². The molecule has 0 saturated heterocycles. The quantitative estimate of drug-likeness (QED) is 0.166. The summed E-state index contributed by atoms with van der Waals surface area (Å²) in [6, 6.07) is 61.0. The first-order chi connectivity index (χ1) is 25.6. The fourth-order valence-corrected chi connectivity index (χ4v) is 9.88. The normalized spacial score (nSPS) is 14.5. The van der Waals surface area contributed by atoms with Gasteiger partial charge in [0.15, 0.2) is 0 Å². The third kappa shape index (κ3) is 4.43. The zero-order valence-corrected chi connectivity index (χ0v) is 28.9. The van der Waals surface area contributed by atoms with Crippen LogP contribution in [-0.2, 0) is 10.8 Å². The number of aromatic hydroxyl groups is 2. The first-order valence-corrected chi connectivity index (χ1v) is 18.4. The molecule has 0 saturated carbocycles. The highest BCUT2D eigenvalue weighted by molar-refractivity contribution is 5.90. The van der Waals surface area contributed by atoms with E-state index in [1.165, 1.54) is 55.6 Å². The van der Waals surface area contributed by atoms with E-state index in [0.29, 0.717) is 11.5 Å². The number of unbranched alkanes of at least 4 members (excludes halogenated alkanes) is 1. The second-order valence-electron chi connectivity index (χ2n) is 14.7. The Morgan fingerprint density at radius 2 is 0.635 bits per heavy atom. The number of hydrogen-bond acceptors (Lipinski definition) is 2. The Kier molecular flexibility index (Phi) is 6.91. The molecule has 8 aromatic carbocycles. The smallest absolute Gasteiger partial charge is 0.116 e. The fourth-order valence-electron chi connectivity index (χ4n) is 9.88. The van der Waals surface area contributed by atoms with E-state index >= 15 is 0 Å². The number of phenolic OH excluding ortho intramolecular Hbond substituents is 2. The first-order valence-electron chi connectivity index (χ1n) is 18.4. The molecule has 2 N–H and O–H groups in total. The average molecular weight is 671 g/mol. The van der Waals surface area contributed by atoms with Gasteiger partial charge in [-0.15, -0.1) is 0 Å². The molecule has 2 nitrogen and oxygen atoms in total. The van der Waals surface area contributed by atoms with E-state index in [1.807, 2.05) is 24.3 Å². The number of benzene rings is 8. The van der Waals surface area contributed by atoms with Gasteiger partial charge in [-0.05, 0) is 126 Å². The zero-order chi connectivity index (χ0) is 34.9. The lowest BCUT2D eigenvalue weighted by Crippen LogP contribution is -2.29. The summed E-state index contributed by atoms with van der Waals surface area (Å²) in [7, 11) is 0. The van der Waals surface area contributed by atoms with Crippen LogP contribution in [0.25, 0.3) is 43.8 Å². The lowest BCUT2D eigenvalue weighted by Gasteiger charge is -2.36. The van der Waals surface area contributed by atoms with Gasteiger partial charge >= 0.3 is 0 Å². The Morgan fingerprint density at radius 1 is 0.327 bits per heavy atom. The SMILES string of the molecule is Oc1ccc2cc(C3(CCCCC4(c5ccc6cc(O)ccc6c5)c5ccccc5-c5ccccc54)c4ccccc4-c4ccccc43)ccc2c1. The second kappa shape index (κ2) is 11.7. The van der Waals surface area contributed by atoms with Crippen molar-refractivity contribution in [3.05, 3.63) is 203 Å². The predicted octanol–water partition coefficient (Wildman–Crippen LogP) is 12.3. The minimum atomic E-state index is -0.303. The molecule has 52 heavy (non-hydrogen) atoms. The molecule has 0 radical (unpaired) electrons. The molecule has 0 spiro atoms. The van der Waals surface area contributed by atoms with Crippen LogP contribution in [0, 0.1) is 0 Å². The van der Waals surface area contributed by atoms with Crippen molar-refractivity contribution in [1.29, 1.82) is 0 Å². The summed E-state index contributed by atoms with van der Waals surface area (Å²) in [5.74, 6) is 0.583. The van der Waals surface area contributed by atoms with Gasteiger partial charge in [0, 0.05) is 10.8 Å². The van der Waals surface area contributed by atoms with Gasteiger partial charge in [0.1, 0.15) is 11.5 Å². The van der Waals surface area contributed by atoms with E-state index < -0.39 is 0 Å². The molecule has 0 aliphatic heterocycles. The molecule has 0 fully saturated rings. The molecule has 10 rings (SSSR count). The second-order valence-corrected chi connectivity index (χ2v) is 14.7. The van der Waals surface area contributed by atoms with Crippen LogP contribution in [0.15, 0.2) is 170 Å². The van der Waals surface area contributed by atoms with Crippen LogP contribution in [0.3, 0.4) is 0 Å². The lowest BCUT2D eigenvalue weighted by atomic mass is 9.66. The van der Waals surface area contributed by atoms with E-state index in [2.05, 4.69) is 133 Å². The highest BCUT2D eigenvalue weighted by Gasteiger charge is 2.46. The van der Waals surface area contributed by atoms with Crippen molar-refractivity contribution >= 4 is 21.5 Å². The lowest BCUT2D eigenvalue weighted by molar-refractivity contribution is 0.474. The third-order valence-electron chi connectivity index (χ3n) is 12.1. The molecule has 2 heteroatoms. The number of phenols is 2. The van der Waals surface area contributed by atoms with Crippen molar-refractivity contribution in [2.24, 2.45) is 0 Å². The van der Waals surface area contributed by atoms with Crippen molar-refractivity contribution < 1.29 is 10.2 Å². The van der Waals surface area contributed by atoms with Gasteiger partial charge in [0.05, 0.1) is 0 Å². The number of fused-ring (bicyclic) bond motifs is 8. The van der Waals surface area contributed by atoms with Gasteiger partial charge in [-0.2, -0.15) is 0 Å². The van der Waals surface area contributed by atoms with Gasteiger partial charge in [-0.1, -0.05) is 146 Å². The van der Waals surface area contributed by atoms with Crippen molar-refractivity contribution in [2.45, 2.75) is 36.5 Å². The van der Waals surface area contributed by atoms with Gasteiger partial charge in [-0.25, -0.2) is 0 Å². The molecule has 0 amide bonds. The maximum atomic E-state index is 10.2. The van der Waals surface area contributed by atoms with E-state index in [1.54, 1.807) is 12.1 Å². The first kappa shape index (κ1) is 30.7. The minimum Gasteiger partial charge on any atom is -0.508 e. The Morgan fingerprint density at radius 3 is 1.00 bits per heavy atom. The van der Waals surface area contributed by atoms with Crippen LogP contribution in [0.1, 0.15) is 59.1 Å². The van der Waals surface area contributed by atoms with E-state index in [-0.39, 0.29) is 10.8 Å². The molecule has 0 aromatic heterocycles. The molecular weight excluding hydrogens is 633 g/mol. The molecule has 0 unspecified atom stereocenters. The molecule has 8 aromatic rings. The Labute approximate surface area is 304 Å². The van der Waals surface area contributed by atoms with Crippen molar-refractivity contribution in [3.63, 3.8) is 0 Å². The fraction of sp³-hybridized carbons (Fsp3) is 0.120. The standard InChI is InChI=1S/C50H38O2/c51-39-25-21-33-29-37(23-19-35(33)31-39)49(45-15-5-1-11-41(45)42-12-2-6-16-46(42)49)27-9-10-28-50(38-24-20-36-32-40(52)26-22-34(36)30-38)47-17-7-3-13-43(47)44-14-4-8-18-48(44)50/h1-8,11-26,29-32,51-52H,9-10,27-28H2. The van der Waals surface area contributed by atoms with Crippen LogP contribution in [-0.4, -0.2) is 10.2 Å². The van der Waals surface area contributed by atoms with Crippen LogP contribution in [0.2, 0.25) is 0 Å². The summed E-state index contributed by atoms with van der Waals surface area (Å²) < 4.78 is 0. The van der Waals surface area contributed by atoms with Gasteiger partial charge in [0.2, 0.25) is 0 Å². The average Bonchev–Trinajstić information content (AvgIpc) is 3.64. The van der Waals surface area contributed by atoms with E-state index in [4.69, 9.17) is 0 Å². The van der Waals surface area contributed by atoms with Crippen molar-refractivity contribution in [1.82, 2.24) is 0 Å². The predicted molar refractivity (Wildman–Crippen MR) is 213 cm³/mol. The Balaban J connectivity index is 1.09. The molecule has 2 aliphatic rings. The maximum absolute atomic E-state index is 10.2. The summed E-state index contributed by atoms with van der Waals surface area (Å²) in [6.07, 6.45) is 4.01. The summed E-state index contributed by atoms with van der Waals surface area (Å²) in [6.45, 7) is 0. The summed E-state index contributed by atoms with van der Waals surface area (Å²) in [5.41, 5.74) is 12.8. The van der Waals surface area contributed by atoms with E-state index in [0.717, 1.165) is 47.2 Å². The summed E-state index contributed by atoms with van der Waals surface area (Å²) in [4.78, 5) is 0. The third-order valence-corrected chi connectivity index (χ3v) is 12.1. The molecule has 2 aliphatic carbocycles. The molecular formula is C50H38O2. The number of hydrogen-bond donors (Lipinski definition) is 2. The highest BCUT2D eigenvalue weighted by atomic mass is 16.3.